The SMILES string of the molecule is CO[C@H](C)CN(CCCCc1ccc2c(n1)NCCC2)CC[C@H](NC(=O)C1(n2nc(Cl)cc2Cl)CC1)C(=O)O. The second-order valence-electron chi connectivity index (χ2n) is 10.5. The van der Waals surface area contributed by atoms with E-state index in [4.69, 9.17) is 32.9 Å². The lowest BCUT2D eigenvalue weighted by Crippen LogP contribution is -2.49. The molecule has 0 unspecified atom stereocenters. The third kappa shape index (κ3) is 7.63. The number of carboxylic acids is 1. The van der Waals surface area contributed by atoms with Crippen molar-refractivity contribution in [3.8, 4) is 0 Å². The van der Waals surface area contributed by atoms with Crippen molar-refractivity contribution in [2.45, 2.75) is 76.0 Å². The molecule has 214 valence electrons. The second-order valence-corrected chi connectivity index (χ2v) is 11.3. The van der Waals surface area contributed by atoms with Crippen LogP contribution in [-0.4, -0.2) is 82.1 Å². The molecule has 0 aromatic carbocycles. The average molecular weight is 582 g/mol. The smallest absolute Gasteiger partial charge is 0.326 e. The first-order valence-corrected chi connectivity index (χ1v) is 14.4. The van der Waals surface area contributed by atoms with E-state index in [2.05, 4.69) is 32.8 Å². The third-order valence-electron chi connectivity index (χ3n) is 7.55. The van der Waals surface area contributed by atoms with E-state index in [1.54, 1.807) is 7.11 Å². The Hall–Kier alpha value is -2.40. The number of nitrogens with zero attached hydrogens (tertiary/aromatic N) is 4. The van der Waals surface area contributed by atoms with E-state index < -0.39 is 23.5 Å². The zero-order valence-electron chi connectivity index (χ0n) is 22.6. The van der Waals surface area contributed by atoms with Gasteiger partial charge in [0.1, 0.15) is 22.6 Å². The molecule has 2 atom stereocenters. The highest BCUT2D eigenvalue weighted by Crippen LogP contribution is 2.45. The van der Waals surface area contributed by atoms with Crippen molar-refractivity contribution in [1.82, 2.24) is 25.0 Å². The molecule has 2 aromatic heterocycles. The molecule has 0 saturated heterocycles. The third-order valence-corrected chi connectivity index (χ3v) is 8.01. The Morgan fingerprint density at radius 3 is 2.74 bits per heavy atom. The molecule has 1 aliphatic heterocycles. The van der Waals surface area contributed by atoms with Crippen LogP contribution in [0.3, 0.4) is 0 Å². The van der Waals surface area contributed by atoms with Crippen molar-refractivity contribution in [3.05, 3.63) is 39.8 Å². The summed E-state index contributed by atoms with van der Waals surface area (Å²) in [5.74, 6) is -0.460. The minimum Gasteiger partial charge on any atom is -0.480 e. The number of pyridine rings is 1. The zero-order valence-corrected chi connectivity index (χ0v) is 24.1. The second kappa shape index (κ2) is 13.3. The van der Waals surface area contributed by atoms with Crippen molar-refractivity contribution in [2.24, 2.45) is 0 Å². The van der Waals surface area contributed by atoms with Gasteiger partial charge in [-0.2, -0.15) is 5.10 Å². The number of aromatic nitrogens is 3. The highest BCUT2D eigenvalue weighted by molar-refractivity contribution is 6.33. The molecule has 12 heteroatoms. The van der Waals surface area contributed by atoms with Crippen molar-refractivity contribution in [2.75, 3.05) is 38.6 Å². The molecule has 1 fully saturated rings. The maximum atomic E-state index is 13.1. The van der Waals surface area contributed by atoms with Crippen LogP contribution < -0.4 is 10.6 Å². The Kier molecular flexibility index (Phi) is 10.1. The van der Waals surface area contributed by atoms with Gasteiger partial charge in [-0.1, -0.05) is 29.3 Å². The molecular weight excluding hydrogens is 543 g/mol. The summed E-state index contributed by atoms with van der Waals surface area (Å²) in [5.41, 5.74) is 1.39. The summed E-state index contributed by atoms with van der Waals surface area (Å²) in [6.45, 7) is 4.93. The largest absolute Gasteiger partial charge is 0.480 e. The number of unbranched alkanes of at least 4 members (excludes halogenated alkanes) is 1. The highest BCUT2D eigenvalue weighted by atomic mass is 35.5. The van der Waals surface area contributed by atoms with Crippen LogP contribution in [0.5, 0.6) is 0 Å². The number of anilines is 1. The van der Waals surface area contributed by atoms with E-state index in [0.717, 1.165) is 56.7 Å². The number of methoxy groups -OCH3 is 1. The number of hydrogen-bond acceptors (Lipinski definition) is 7. The Balaban J connectivity index is 1.30. The van der Waals surface area contributed by atoms with E-state index in [0.29, 0.717) is 25.9 Å². The van der Waals surface area contributed by atoms with E-state index >= 15 is 0 Å². The molecule has 0 spiro atoms. The summed E-state index contributed by atoms with van der Waals surface area (Å²) in [4.78, 5) is 32.2. The van der Waals surface area contributed by atoms with E-state index in [1.165, 1.54) is 16.3 Å². The van der Waals surface area contributed by atoms with Crippen molar-refractivity contribution < 1.29 is 19.4 Å². The maximum absolute atomic E-state index is 13.1. The summed E-state index contributed by atoms with van der Waals surface area (Å²) < 4.78 is 6.86. The first kappa shape index (κ1) is 29.6. The fourth-order valence-corrected chi connectivity index (χ4v) is 5.57. The fourth-order valence-electron chi connectivity index (χ4n) is 5.03. The van der Waals surface area contributed by atoms with Gasteiger partial charge in [-0.05, 0) is 76.5 Å². The molecule has 1 saturated carbocycles. The molecule has 0 radical (unpaired) electrons. The summed E-state index contributed by atoms with van der Waals surface area (Å²) in [5, 5.41) is 20.5. The van der Waals surface area contributed by atoms with Gasteiger partial charge in [-0.25, -0.2) is 14.5 Å². The summed E-state index contributed by atoms with van der Waals surface area (Å²) >= 11 is 12.2. The molecular formula is C27H38Cl2N6O4. The number of nitrogens with one attached hydrogen (secondary N) is 2. The number of carbonyl (C=O) groups excluding carboxylic acids is 1. The summed E-state index contributed by atoms with van der Waals surface area (Å²) in [6.07, 6.45) is 6.32. The van der Waals surface area contributed by atoms with Gasteiger partial charge in [-0.3, -0.25) is 4.79 Å². The van der Waals surface area contributed by atoms with Gasteiger partial charge in [0.2, 0.25) is 5.91 Å². The average Bonchev–Trinajstić information content (AvgIpc) is 3.65. The minimum absolute atomic E-state index is 0.00213. The Labute approximate surface area is 239 Å². The lowest BCUT2D eigenvalue weighted by atomic mass is 10.1. The van der Waals surface area contributed by atoms with Crippen molar-refractivity contribution in [3.63, 3.8) is 0 Å². The first-order valence-electron chi connectivity index (χ1n) is 13.6. The van der Waals surface area contributed by atoms with Crippen molar-refractivity contribution >= 4 is 40.9 Å². The van der Waals surface area contributed by atoms with Gasteiger partial charge in [0.15, 0.2) is 5.15 Å². The van der Waals surface area contributed by atoms with Gasteiger partial charge >= 0.3 is 5.97 Å². The number of halogens is 2. The highest BCUT2D eigenvalue weighted by Gasteiger charge is 2.54. The Bertz CT molecular complexity index is 1160. The number of ether oxygens (including phenoxy) is 1. The predicted molar refractivity (Wildman–Crippen MR) is 151 cm³/mol. The molecule has 4 rings (SSSR count). The first-order chi connectivity index (χ1) is 18.7. The number of carboxylic acid groups (broad SMARTS) is 1. The van der Waals surface area contributed by atoms with Crippen LogP contribution in [-0.2, 0) is 32.7 Å². The number of aryl methyl sites for hydroxylation is 2. The molecule has 3 N–H and O–H groups in total. The van der Waals surface area contributed by atoms with Crippen LogP contribution in [0.15, 0.2) is 18.2 Å². The number of fused-ring (bicyclic) bond motifs is 1. The zero-order chi connectivity index (χ0) is 28.0. The molecule has 2 aromatic rings. The van der Waals surface area contributed by atoms with Crippen LogP contribution in [0.25, 0.3) is 0 Å². The molecule has 3 heterocycles. The fraction of sp³-hybridized carbons (Fsp3) is 0.630. The van der Waals surface area contributed by atoms with E-state index in [-0.39, 0.29) is 22.8 Å². The molecule has 39 heavy (non-hydrogen) atoms. The number of carbonyl (C=O) groups is 2. The number of amides is 1. The molecule has 2 aliphatic rings. The molecule has 0 bridgehead atoms. The molecule has 10 nitrogen and oxygen atoms in total. The molecule has 1 aliphatic carbocycles. The monoisotopic (exact) mass is 580 g/mol. The van der Waals surface area contributed by atoms with Crippen LogP contribution in [0, 0.1) is 0 Å². The topological polar surface area (TPSA) is 122 Å². The lowest BCUT2D eigenvalue weighted by molar-refractivity contribution is -0.143. The van der Waals surface area contributed by atoms with Crippen LogP contribution in [0.1, 0.15) is 56.7 Å². The maximum Gasteiger partial charge on any atom is 0.326 e. The van der Waals surface area contributed by atoms with Crippen LogP contribution >= 0.6 is 23.2 Å². The minimum atomic E-state index is -1.07. The Morgan fingerprint density at radius 1 is 1.28 bits per heavy atom. The van der Waals surface area contributed by atoms with Gasteiger partial charge < -0.3 is 25.4 Å². The van der Waals surface area contributed by atoms with E-state index in [1.807, 2.05) is 6.92 Å². The van der Waals surface area contributed by atoms with Crippen LogP contribution in [0.4, 0.5) is 5.82 Å². The predicted octanol–water partition coefficient (Wildman–Crippen LogP) is 3.75. The summed E-state index contributed by atoms with van der Waals surface area (Å²) in [7, 11) is 1.67. The normalized spacial score (nSPS) is 17.3. The number of aliphatic carboxylic acids is 1. The summed E-state index contributed by atoms with van der Waals surface area (Å²) in [6, 6.07) is 4.73. The van der Waals surface area contributed by atoms with Gasteiger partial charge in [-0.15, -0.1) is 0 Å². The van der Waals surface area contributed by atoms with Gasteiger partial charge in [0.05, 0.1) is 6.10 Å². The van der Waals surface area contributed by atoms with Crippen LogP contribution in [0.2, 0.25) is 10.3 Å². The van der Waals surface area contributed by atoms with Gasteiger partial charge in [0, 0.05) is 38.5 Å². The number of hydrogen-bond donors (Lipinski definition) is 3. The molecule has 1 amide bonds. The van der Waals surface area contributed by atoms with E-state index in [9.17, 15) is 14.7 Å². The Morgan fingerprint density at radius 2 is 2.08 bits per heavy atom. The quantitative estimate of drug-likeness (QED) is 0.272. The lowest BCUT2D eigenvalue weighted by Gasteiger charge is -2.27. The van der Waals surface area contributed by atoms with Crippen molar-refractivity contribution in [1.29, 1.82) is 0 Å². The standard InChI is InChI=1S/C27H38Cl2N6O4/c1-18(39-2)17-34(14-4-3-7-20-9-8-19-6-5-13-30-24(19)31-20)15-10-21(25(36)37)32-26(38)27(11-12-27)35-23(29)16-22(28)33-35/h8-9,16,18,21H,3-7,10-15,17H2,1-2H3,(H,30,31)(H,32,38)(H,36,37)/t18-,21+/m1/s1. The number of rotatable bonds is 15. The van der Waals surface area contributed by atoms with Gasteiger partial charge in [0.25, 0.3) is 0 Å².